The molecule has 136 valence electrons. The van der Waals surface area contributed by atoms with Crippen LogP contribution in [0.5, 0.6) is 11.5 Å². The Labute approximate surface area is 152 Å². The molecule has 0 spiro atoms. The van der Waals surface area contributed by atoms with E-state index in [1.807, 2.05) is 30.3 Å². The molecule has 3 rings (SSSR count). The Balaban J connectivity index is 1.48. The Hall–Kier alpha value is -2.86. The van der Waals surface area contributed by atoms with Crippen LogP contribution in [0.2, 0.25) is 0 Å². The summed E-state index contributed by atoms with van der Waals surface area (Å²) in [5.74, 6) is 0.279. The highest BCUT2D eigenvalue weighted by atomic mass is 16.5. The molecule has 1 aliphatic rings. The molecule has 6 nitrogen and oxygen atoms in total. The molecule has 1 N–H and O–H groups in total. The van der Waals surface area contributed by atoms with E-state index in [1.54, 1.807) is 24.3 Å². The van der Waals surface area contributed by atoms with Crippen LogP contribution < -0.4 is 10.1 Å². The molecule has 1 aliphatic heterocycles. The number of rotatable bonds is 7. The first-order chi connectivity index (χ1) is 12.7. The van der Waals surface area contributed by atoms with Crippen molar-refractivity contribution in [3.8, 4) is 11.5 Å². The Morgan fingerprint density at radius 1 is 1.08 bits per heavy atom. The van der Waals surface area contributed by atoms with Crippen LogP contribution in [0.25, 0.3) is 0 Å². The molecular weight excluding hydrogens is 334 g/mol. The third kappa shape index (κ3) is 5.32. The molecule has 2 aromatic rings. The van der Waals surface area contributed by atoms with E-state index in [1.165, 1.54) is 0 Å². The minimum absolute atomic E-state index is 0.0569. The minimum atomic E-state index is -0.573. The third-order valence-corrected chi connectivity index (χ3v) is 3.93. The predicted molar refractivity (Wildman–Crippen MR) is 95.2 cm³/mol. The van der Waals surface area contributed by atoms with Gasteiger partial charge < -0.3 is 19.5 Å². The van der Waals surface area contributed by atoms with Crippen LogP contribution >= 0.6 is 0 Å². The summed E-state index contributed by atoms with van der Waals surface area (Å²) in [6.45, 7) is 0.850. The summed E-state index contributed by atoms with van der Waals surface area (Å²) in [6, 6.07) is 15.9. The van der Waals surface area contributed by atoms with Gasteiger partial charge in [-0.25, -0.2) is 4.79 Å². The van der Waals surface area contributed by atoms with Crippen LogP contribution in [-0.2, 0) is 14.3 Å². The Kier molecular flexibility index (Phi) is 6.22. The van der Waals surface area contributed by atoms with Crippen molar-refractivity contribution in [3.05, 3.63) is 60.2 Å². The first kappa shape index (κ1) is 17.9. The van der Waals surface area contributed by atoms with Gasteiger partial charge in [-0.2, -0.15) is 0 Å². The van der Waals surface area contributed by atoms with Crippen LogP contribution in [0.3, 0.4) is 0 Å². The average Bonchev–Trinajstić information content (AvgIpc) is 3.19. The molecule has 1 fully saturated rings. The number of amides is 1. The topological polar surface area (TPSA) is 73.9 Å². The van der Waals surface area contributed by atoms with Crippen molar-refractivity contribution in [1.29, 1.82) is 0 Å². The lowest BCUT2D eigenvalue weighted by atomic mass is 10.2. The lowest BCUT2D eigenvalue weighted by molar-refractivity contribution is -0.124. The first-order valence-corrected chi connectivity index (χ1v) is 8.59. The van der Waals surface area contributed by atoms with Crippen LogP contribution in [0.4, 0.5) is 0 Å². The molecule has 1 amide bonds. The SMILES string of the molecule is O=C(COC(=O)c1cccc(Oc2ccccc2)c1)NC[C@H]1CCCO1. The fourth-order valence-corrected chi connectivity index (χ4v) is 2.61. The minimum Gasteiger partial charge on any atom is -0.457 e. The molecule has 6 heteroatoms. The van der Waals surface area contributed by atoms with Gasteiger partial charge in [-0.1, -0.05) is 24.3 Å². The number of para-hydroxylation sites is 1. The molecule has 1 saturated heterocycles. The molecule has 26 heavy (non-hydrogen) atoms. The summed E-state index contributed by atoms with van der Waals surface area (Å²) in [5, 5.41) is 2.71. The summed E-state index contributed by atoms with van der Waals surface area (Å²) in [7, 11) is 0. The number of nitrogens with one attached hydrogen (secondary N) is 1. The summed E-state index contributed by atoms with van der Waals surface area (Å²) in [5.41, 5.74) is 0.324. The maximum absolute atomic E-state index is 12.1. The average molecular weight is 355 g/mol. The number of esters is 1. The fourth-order valence-electron chi connectivity index (χ4n) is 2.61. The maximum Gasteiger partial charge on any atom is 0.338 e. The van der Waals surface area contributed by atoms with Crippen molar-refractivity contribution in [1.82, 2.24) is 5.32 Å². The monoisotopic (exact) mass is 355 g/mol. The van der Waals surface area contributed by atoms with Gasteiger partial charge in [0, 0.05) is 13.2 Å². The van der Waals surface area contributed by atoms with Gasteiger partial charge in [-0.05, 0) is 43.2 Å². The van der Waals surface area contributed by atoms with E-state index in [2.05, 4.69) is 5.32 Å². The molecule has 1 atom stereocenters. The lowest BCUT2D eigenvalue weighted by Gasteiger charge is -2.11. The number of ether oxygens (including phenoxy) is 3. The molecule has 0 aliphatic carbocycles. The quantitative estimate of drug-likeness (QED) is 0.773. The normalized spacial score (nSPS) is 16.1. The van der Waals surface area contributed by atoms with E-state index >= 15 is 0 Å². The van der Waals surface area contributed by atoms with E-state index in [9.17, 15) is 9.59 Å². The lowest BCUT2D eigenvalue weighted by Crippen LogP contribution is -2.34. The van der Waals surface area contributed by atoms with E-state index in [-0.39, 0.29) is 18.6 Å². The van der Waals surface area contributed by atoms with Gasteiger partial charge in [-0.15, -0.1) is 0 Å². The highest BCUT2D eigenvalue weighted by Crippen LogP contribution is 2.22. The largest absolute Gasteiger partial charge is 0.457 e. The van der Waals surface area contributed by atoms with Crippen LogP contribution in [0.15, 0.2) is 54.6 Å². The molecule has 0 radical (unpaired) electrons. The zero-order valence-corrected chi connectivity index (χ0v) is 14.4. The number of hydrogen-bond acceptors (Lipinski definition) is 5. The summed E-state index contributed by atoms with van der Waals surface area (Å²) < 4.78 is 16.2. The highest BCUT2D eigenvalue weighted by molar-refractivity contribution is 5.91. The Morgan fingerprint density at radius 2 is 1.88 bits per heavy atom. The van der Waals surface area contributed by atoms with E-state index in [0.29, 0.717) is 23.6 Å². The predicted octanol–water partition coefficient (Wildman–Crippen LogP) is 2.93. The second-order valence-corrected chi connectivity index (χ2v) is 5.96. The van der Waals surface area contributed by atoms with Gasteiger partial charge in [0.25, 0.3) is 5.91 Å². The molecule has 0 bridgehead atoms. The molecule has 0 unspecified atom stereocenters. The summed E-state index contributed by atoms with van der Waals surface area (Å²) in [6.07, 6.45) is 2.01. The van der Waals surface area contributed by atoms with Gasteiger partial charge in [-0.3, -0.25) is 4.79 Å². The summed E-state index contributed by atoms with van der Waals surface area (Å²) in [4.78, 5) is 23.9. The molecule has 0 aromatic heterocycles. The Morgan fingerprint density at radius 3 is 2.65 bits per heavy atom. The molecule has 1 heterocycles. The van der Waals surface area contributed by atoms with E-state index < -0.39 is 5.97 Å². The third-order valence-electron chi connectivity index (χ3n) is 3.93. The molecule has 2 aromatic carbocycles. The van der Waals surface area contributed by atoms with Crippen LogP contribution in [0, 0.1) is 0 Å². The Bertz CT molecular complexity index is 741. The molecule has 0 saturated carbocycles. The van der Waals surface area contributed by atoms with Crippen molar-refractivity contribution < 1.29 is 23.8 Å². The number of hydrogen-bond donors (Lipinski definition) is 1. The van der Waals surface area contributed by atoms with Crippen LogP contribution in [0.1, 0.15) is 23.2 Å². The zero-order chi connectivity index (χ0) is 18.2. The van der Waals surface area contributed by atoms with Crippen molar-refractivity contribution in [3.63, 3.8) is 0 Å². The standard InChI is InChI=1S/C20H21NO5/c22-19(21-13-18-10-5-11-24-18)14-25-20(23)15-6-4-9-17(12-15)26-16-7-2-1-3-8-16/h1-4,6-9,12,18H,5,10-11,13-14H2,(H,21,22)/t18-/m1/s1. The van der Waals surface area contributed by atoms with Gasteiger partial charge in [0.1, 0.15) is 11.5 Å². The van der Waals surface area contributed by atoms with Crippen molar-refractivity contribution in [2.75, 3.05) is 19.8 Å². The van der Waals surface area contributed by atoms with E-state index in [4.69, 9.17) is 14.2 Å². The van der Waals surface area contributed by atoms with Crippen LogP contribution in [-0.4, -0.2) is 37.7 Å². The fraction of sp³-hybridized carbons (Fsp3) is 0.300. The van der Waals surface area contributed by atoms with Crippen molar-refractivity contribution >= 4 is 11.9 Å². The van der Waals surface area contributed by atoms with Crippen molar-refractivity contribution in [2.24, 2.45) is 0 Å². The molecular formula is C20H21NO5. The van der Waals surface area contributed by atoms with Gasteiger partial charge in [0.2, 0.25) is 0 Å². The summed E-state index contributed by atoms with van der Waals surface area (Å²) >= 11 is 0. The zero-order valence-electron chi connectivity index (χ0n) is 14.4. The smallest absolute Gasteiger partial charge is 0.338 e. The second kappa shape index (κ2) is 9.01. The van der Waals surface area contributed by atoms with Gasteiger partial charge in [0.15, 0.2) is 6.61 Å². The maximum atomic E-state index is 12.1. The van der Waals surface area contributed by atoms with Gasteiger partial charge >= 0.3 is 5.97 Å². The number of carbonyl (C=O) groups is 2. The second-order valence-electron chi connectivity index (χ2n) is 5.96. The van der Waals surface area contributed by atoms with Crippen molar-refractivity contribution in [2.45, 2.75) is 18.9 Å². The van der Waals surface area contributed by atoms with E-state index in [0.717, 1.165) is 19.4 Å². The number of carbonyl (C=O) groups excluding carboxylic acids is 2. The first-order valence-electron chi connectivity index (χ1n) is 8.59. The van der Waals surface area contributed by atoms with Gasteiger partial charge in [0.05, 0.1) is 11.7 Å². The highest BCUT2D eigenvalue weighted by Gasteiger charge is 2.17. The number of benzene rings is 2.